The molecule has 2 saturated heterocycles. The fraction of sp³-hybridized carbons (Fsp3) is 0.500. The van der Waals surface area contributed by atoms with E-state index < -0.39 is 0 Å². The summed E-state index contributed by atoms with van der Waals surface area (Å²) in [4.78, 5) is 15.2. The van der Waals surface area contributed by atoms with E-state index in [9.17, 15) is 4.79 Å². The summed E-state index contributed by atoms with van der Waals surface area (Å²) < 4.78 is 0. The Balaban J connectivity index is 1.58. The lowest BCUT2D eigenvalue weighted by Crippen LogP contribution is -2.27. The standard InChI is InChI=1S/C14H18N2O/c17-11-16-9-13-7-15(8-14(13)10-16)6-12-4-2-1-3-5-12/h1-5,11,13-14H,6-10H2. The van der Waals surface area contributed by atoms with Crippen molar-refractivity contribution < 1.29 is 4.79 Å². The van der Waals surface area contributed by atoms with Crippen molar-refractivity contribution in [2.24, 2.45) is 11.8 Å². The van der Waals surface area contributed by atoms with Gasteiger partial charge in [-0.05, 0) is 17.4 Å². The Kier molecular flexibility index (Phi) is 2.85. The van der Waals surface area contributed by atoms with Gasteiger partial charge in [-0.3, -0.25) is 9.69 Å². The Bertz CT molecular complexity index is 378. The highest BCUT2D eigenvalue weighted by molar-refractivity contribution is 5.47. The first-order valence-electron chi connectivity index (χ1n) is 6.31. The largest absolute Gasteiger partial charge is 0.345 e. The molecule has 1 aromatic carbocycles. The molecule has 0 bridgehead atoms. The summed E-state index contributed by atoms with van der Waals surface area (Å²) in [6, 6.07) is 10.6. The highest BCUT2D eigenvalue weighted by Gasteiger charge is 2.39. The first kappa shape index (κ1) is 10.8. The summed E-state index contributed by atoms with van der Waals surface area (Å²) >= 11 is 0. The molecule has 2 aliphatic heterocycles. The van der Waals surface area contributed by atoms with Crippen LogP contribution < -0.4 is 0 Å². The molecular formula is C14H18N2O. The van der Waals surface area contributed by atoms with Gasteiger partial charge in [-0.2, -0.15) is 0 Å². The maximum Gasteiger partial charge on any atom is 0.209 e. The molecule has 0 aromatic heterocycles. The van der Waals surface area contributed by atoms with Gasteiger partial charge in [0.25, 0.3) is 0 Å². The lowest BCUT2D eigenvalue weighted by atomic mass is 10.0. The third-order valence-electron chi connectivity index (χ3n) is 3.99. The normalized spacial score (nSPS) is 28.4. The van der Waals surface area contributed by atoms with Crippen LogP contribution in [0.1, 0.15) is 5.56 Å². The Hall–Kier alpha value is -1.35. The predicted molar refractivity (Wildman–Crippen MR) is 66.3 cm³/mol. The summed E-state index contributed by atoms with van der Waals surface area (Å²) in [7, 11) is 0. The molecule has 90 valence electrons. The number of nitrogens with zero attached hydrogens (tertiary/aromatic N) is 2. The second-order valence-corrected chi connectivity index (χ2v) is 5.26. The van der Waals surface area contributed by atoms with Crippen LogP contribution in [0.3, 0.4) is 0 Å². The van der Waals surface area contributed by atoms with Gasteiger partial charge in [-0.15, -0.1) is 0 Å². The first-order valence-corrected chi connectivity index (χ1v) is 6.31. The van der Waals surface area contributed by atoms with Crippen LogP contribution >= 0.6 is 0 Å². The van der Waals surface area contributed by atoms with E-state index in [2.05, 4.69) is 35.2 Å². The van der Waals surface area contributed by atoms with Gasteiger partial charge in [-0.1, -0.05) is 30.3 Å². The molecule has 2 fully saturated rings. The van der Waals surface area contributed by atoms with Crippen molar-refractivity contribution in [1.82, 2.24) is 9.80 Å². The number of benzene rings is 1. The molecule has 0 spiro atoms. The molecule has 0 radical (unpaired) electrons. The predicted octanol–water partition coefficient (Wildman–Crippen LogP) is 1.21. The zero-order valence-electron chi connectivity index (χ0n) is 9.96. The molecule has 3 heteroatoms. The molecule has 1 aromatic rings. The fourth-order valence-electron chi connectivity index (χ4n) is 3.18. The number of carbonyl (C=O) groups excluding carboxylic acids is 1. The topological polar surface area (TPSA) is 23.6 Å². The summed E-state index contributed by atoms with van der Waals surface area (Å²) in [5.41, 5.74) is 1.39. The van der Waals surface area contributed by atoms with Crippen LogP contribution in [-0.2, 0) is 11.3 Å². The summed E-state index contributed by atoms with van der Waals surface area (Å²) in [5, 5.41) is 0. The molecule has 2 unspecified atom stereocenters. The van der Waals surface area contributed by atoms with Crippen LogP contribution in [0.25, 0.3) is 0 Å². The van der Waals surface area contributed by atoms with Gasteiger partial charge in [-0.25, -0.2) is 0 Å². The molecule has 2 aliphatic rings. The molecule has 0 N–H and O–H groups in total. The van der Waals surface area contributed by atoms with Crippen LogP contribution in [-0.4, -0.2) is 42.4 Å². The van der Waals surface area contributed by atoms with Crippen LogP contribution in [0, 0.1) is 11.8 Å². The third kappa shape index (κ3) is 2.20. The maximum absolute atomic E-state index is 10.7. The lowest BCUT2D eigenvalue weighted by molar-refractivity contribution is -0.117. The van der Waals surface area contributed by atoms with E-state index in [0.29, 0.717) is 11.8 Å². The Labute approximate surface area is 102 Å². The molecule has 1 amide bonds. The van der Waals surface area contributed by atoms with Gasteiger partial charge in [0.05, 0.1) is 0 Å². The zero-order chi connectivity index (χ0) is 11.7. The smallest absolute Gasteiger partial charge is 0.209 e. The average molecular weight is 230 g/mol. The summed E-state index contributed by atoms with van der Waals surface area (Å²) in [6.45, 7) is 5.25. The van der Waals surface area contributed by atoms with Crippen molar-refractivity contribution in [3.8, 4) is 0 Å². The molecule has 2 heterocycles. The van der Waals surface area contributed by atoms with Gasteiger partial charge in [0.15, 0.2) is 0 Å². The molecule has 2 atom stereocenters. The summed E-state index contributed by atoms with van der Waals surface area (Å²) in [6.07, 6.45) is 1.000. The second-order valence-electron chi connectivity index (χ2n) is 5.26. The van der Waals surface area contributed by atoms with E-state index in [1.54, 1.807) is 0 Å². The van der Waals surface area contributed by atoms with Crippen LogP contribution in [0.5, 0.6) is 0 Å². The third-order valence-corrected chi connectivity index (χ3v) is 3.99. The Morgan fingerprint density at radius 2 is 1.71 bits per heavy atom. The molecule has 3 rings (SSSR count). The van der Waals surface area contributed by atoms with E-state index in [1.807, 2.05) is 4.90 Å². The van der Waals surface area contributed by atoms with Crippen molar-refractivity contribution in [2.75, 3.05) is 26.2 Å². The minimum Gasteiger partial charge on any atom is -0.345 e. The quantitative estimate of drug-likeness (QED) is 0.729. The van der Waals surface area contributed by atoms with Gasteiger partial charge in [0.2, 0.25) is 6.41 Å². The Morgan fingerprint density at radius 3 is 2.29 bits per heavy atom. The zero-order valence-corrected chi connectivity index (χ0v) is 9.96. The maximum atomic E-state index is 10.7. The second kappa shape index (κ2) is 4.49. The van der Waals surface area contributed by atoms with Crippen LogP contribution in [0.4, 0.5) is 0 Å². The molecule has 0 saturated carbocycles. The number of hydrogen-bond donors (Lipinski definition) is 0. The fourth-order valence-corrected chi connectivity index (χ4v) is 3.18. The molecule has 17 heavy (non-hydrogen) atoms. The highest BCUT2D eigenvalue weighted by atomic mass is 16.1. The number of likely N-dealkylation sites (tertiary alicyclic amines) is 2. The van der Waals surface area contributed by atoms with Crippen LogP contribution in [0.15, 0.2) is 30.3 Å². The number of carbonyl (C=O) groups is 1. The molecule has 3 nitrogen and oxygen atoms in total. The van der Waals surface area contributed by atoms with Crippen molar-refractivity contribution in [1.29, 1.82) is 0 Å². The van der Waals surface area contributed by atoms with E-state index in [4.69, 9.17) is 0 Å². The van der Waals surface area contributed by atoms with Gasteiger partial charge in [0, 0.05) is 32.7 Å². The van der Waals surface area contributed by atoms with Crippen molar-refractivity contribution in [3.05, 3.63) is 35.9 Å². The summed E-state index contributed by atoms with van der Waals surface area (Å²) in [5.74, 6) is 1.40. The van der Waals surface area contributed by atoms with Crippen molar-refractivity contribution in [2.45, 2.75) is 6.54 Å². The van der Waals surface area contributed by atoms with E-state index in [0.717, 1.165) is 39.1 Å². The minimum absolute atomic E-state index is 0.698. The highest BCUT2D eigenvalue weighted by Crippen LogP contribution is 2.30. The minimum atomic E-state index is 0.698. The van der Waals surface area contributed by atoms with Gasteiger partial charge < -0.3 is 4.90 Å². The van der Waals surface area contributed by atoms with E-state index in [-0.39, 0.29) is 0 Å². The number of fused-ring (bicyclic) bond motifs is 1. The van der Waals surface area contributed by atoms with E-state index in [1.165, 1.54) is 5.56 Å². The van der Waals surface area contributed by atoms with Crippen molar-refractivity contribution >= 4 is 6.41 Å². The number of rotatable bonds is 3. The number of hydrogen-bond acceptors (Lipinski definition) is 2. The monoisotopic (exact) mass is 230 g/mol. The van der Waals surface area contributed by atoms with Crippen molar-refractivity contribution in [3.63, 3.8) is 0 Å². The number of amides is 1. The SMILES string of the molecule is O=CN1CC2CN(Cc3ccccc3)CC2C1. The van der Waals surface area contributed by atoms with Crippen LogP contribution in [0.2, 0.25) is 0 Å². The first-order chi connectivity index (χ1) is 8.35. The lowest BCUT2D eigenvalue weighted by Gasteiger charge is -2.19. The molecular weight excluding hydrogens is 212 g/mol. The Morgan fingerprint density at radius 1 is 1.06 bits per heavy atom. The van der Waals surface area contributed by atoms with Gasteiger partial charge in [0.1, 0.15) is 0 Å². The van der Waals surface area contributed by atoms with Gasteiger partial charge >= 0.3 is 0 Å². The van der Waals surface area contributed by atoms with E-state index >= 15 is 0 Å². The molecule has 0 aliphatic carbocycles. The average Bonchev–Trinajstić information content (AvgIpc) is 2.87.